The molecule has 3 rings (SSSR count). The highest BCUT2D eigenvalue weighted by atomic mass is 32.1. The standard InChI is InChI=1S/C20H24N2O3S/c1-14-7-10-22(11-8-14)17-5-3-16(4-6-17)21-18(23)13-25-20(24)19-15(2)9-12-26-19/h3-6,9,12,14H,7-8,10-11,13H2,1-2H3,(H,21,23). The van der Waals surface area contributed by atoms with Gasteiger partial charge in [-0.05, 0) is 67.0 Å². The summed E-state index contributed by atoms with van der Waals surface area (Å²) in [7, 11) is 0. The molecule has 0 unspecified atom stereocenters. The molecule has 6 heteroatoms. The third-order valence-electron chi connectivity index (χ3n) is 4.68. The Morgan fingerprint density at radius 1 is 1.19 bits per heavy atom. The maximum atomic E-state index is 12.0. The van der Waals surface area contributed by atoms with Crippen LogP contribution in [0.3, 0.4) is 0 Å². The van der Waals surface area contributed by atoms with Crippen LogP contribution in [-0.4, -0.2) is 31.6 Å². The van der Waals surface area contributed by atoms with Crippen molar-refractivity contribution in [3.8, 4) is 0 Å². The largest absolute Gasteiger partial charge is 0.451 e. The zero-order valence-corrected chi connectivity index (χ0v) is 16.0. The van der Waals surface area contributed by atoms with Crippen molar-refractivity contribution in [3.05, 3.63) is 46.2 Å². The van der Waals surface area contributed by atoms with Gasteiger partial charge in [-0.1, -0.05) is 6.92 Å². The fraction of sp³-hybridized carbons (Fsp3) is 0.400. The van der Waals surface area contributed by atoms with Crippen molar-refractivity contribution in [1.82, 2.24) is 0 Å². The number of rotatable bonds is 5. The highest BCUT2D eigenvalue weighted by Gasteiger charge is 2.16. The molecule has 2 aromatic rings. The number of carbonyl (C=O) groups excluding carboxylic acids is 2. The van der Waals surface area contributed by atoms with Crippen molar-refractivity contribution in [3.63, 3.8) is 0 Å². The summed E-state index contributed by atoms with van der Waals surface area (Å²) in [6.45, 7) is 6.00. The van der Waals surface area contributed by atoms with Gasteiger partial charge in [-0.2, -0.15) is 0 Å². The van der Waals surface area contributed by atoms with E-state index in [1.807, 2.05) is 42.6 Å². The zero-order chi connectivity index (χ0) is 18.5. The highest BCUT2D eigenvalue weighted by Crippen LogP contribution is 2.24. The number of piperidine rings is 1. The molecule has 1 aliphatic rings. The Bertz CT molecular complexity index is 762. The first-order valence-electron chi connectivity index (χ1n) is 8.89. The summed E-state index contributed by atoms with van der Waals surface area (Å²) in [5, 5.41) is 4.59. The average molecular weight is 372 g/mol. The maximum Gasteiger partial charge on any atom is 0.349 e. The molecule has 138 valence electrons. The Balaban J connectivity index is 1.48. The lowest BCUT2D eigenvalue weighted by molar-refractivity contribution is -0.119. The van der Waals surface area contributed by atoms with E-state index in [9.17, 15) is 9.59 Å². The van der Waals surface area contributed by atoms with Gasteiger partial charge in [0.25, 0.3) is 5.91 Å². The van der Waals surface area contributed by atoms with Crippen LogP contribution in [0.15, 0.2) is 35.7 Å². The molecule has 1 aromatic heterocycles. The number of benzene rings is 1. The number of carbonyl (C=O) groups is 2. The van der Waals surface area contributed by atoms with Crippen LogP contribution in [-0.2, 0) is 9.53 Å². The Morgan fingerprint density at radius 3 is 2.50 bits per heavy atom. The molecule has 1 N–H and O–H groups in total. The number of hydrogen-bond acceptors (Lipinski definition) is 5. The molecule has 1 saturated heterocycles. The van der Waals surface area contributed by atoms with Crippen LogP contribution in [0.1, 0.15) is 35.0 Å². The van der Waals surface area contributed by atoms with Gasteiger partial charge < -0.3 is 15.0 Å². The van der Waals surface area contributed by atoms with Crippen molar-refractivity contribution in [2.45, 2.75) is 26.7 Å². The summed E-state index contributed by atoms with van der Waals surface area (Å²) in [4.78, 5) is 26.8. The molecule has 0 bridgehead atoms. The van der Waals surface area contributed by atoms with E-state index in [4.69, 9.17) is 4.74 Å². The first-order valence-corrected chi connectivity index (χ1v) is 9.77. The van der Waals surface area contributed by atoms with Crippen molar-refractivity contribution >= 4 is 34.6 Å². The normalized spacial score (nSPS) is 14.9. The lowest BCUT2D eigenvalue weighted by atomic mass is 9.99. The van der Waals surface area contributed by atoms with Crippen molar-refractivity contribution in [1.29, 1.82) is 0 Å². The van der Waals surface area contributed by atoms with E-state index in [0.29, 0.717) is 10.6 Å². The third kappa shape index (κ3) is 4.64. The first-order chi connectivity index (χ1) is 12.5. The number of hydrogen-bond donors (Lipinski definition) is 1. The van der Waals surface area contributed by atoms with Gasteiger partial charge >= 0.3 is 5.97 Å². The van der Waals surface area contributed by atoms with Crippen LogP contribution in [0.2, 0.25) is 0 Å². The van der Waals surface area contributed by atoms with Crippen LogP contribution >= 0.6 is 11.3 Å². The number of aryl methyl sites for hydroxylation is 1. The lowest BCUT2D eigenvalue weighted by Gasteiger charge is -2.32. The Kier molecular flexibility index (Phi) is 5.93. The van der Waals surface area contributed by atoms with Crippen molar-refractivity contribution in [2.24, 2.45) is 5.92 Å². The van der Waals surface area contributed by atoms with E-state index >= 15 is 0 Å². The van der Waals surface area contributed by atoms with Gasteiger partial charge in [0, 0.05) is 24.5 Å². The topological polar surface area (TPSA) is 58.6 Å². The minimum Gasteiger partial charge on any atom is -0.451 e. The van der Waals surface area contributed by atoms with Gasteiger partial charge in [-0.15, -0.1) is 11.3 Å². The van der Waals surface area contributed by atoms with Crippen LogP contribution < -0.4 is 10.2 Å². The van der Waals surface area contributed by atoms with Crippen LogP contribution in [0, 0.1) is 12.8 Å². The van der Waals surface area contributed by atoms with Gasteiger partial charge in [0.05, 0.1) is 0 Å². The monoisotopic (exact) mass is 372 g/mol. The highest BCUT2D eigenvalue weighted by molar-refractivity contribution is 7.12. The number of thiophene rings is 1. The van der Waals surface area contributed by atoms with E-state index in [0.717, 1.165) is 24.6 Å². The van der Waals surface area contributed by atoms with Gasteiger partial charge in [0.1, 0.15) is 4.88 Å². The summed E-state index contributed by atoms with van der Waals surface area (Å²) in [5.74, 6) is -0.0000760. The van der Waals surface area contributed by atoms with E-state index in [1.54, 1.807) is 0 Å². The smallest absolute Gasteiger partial charge is 0.349 e. The number of anilines is 2. The Morgan fingerprint density at radius 2 is 1.88 bits per heavy atom. The molecule has 5 nitrogen and oxygen atoms in total. The second-order valence-corrected chi connectivity index (χ2v) is 7.69. The summed E-state index contributed by atoms with van der Waals surface area (Å²) in [5.41, 5.74) is 2.74. The molecule has 1 fully saturated rings. The van der Waals surface area contributed by atoms with Crippen molar-refractivity contribution in [2.75, 3.05) is 29.9 Å². The molecule has 0 atom stereocenters. The second kappa shape index (κ2) is 8.36. The third-order valence-corrected chi connectivity index (χ3v) is 5.68. The minimum atomic E-state index is -0.456. The Hall–Kier alpha value is -2.34. The predicted molar refractivity (Wildman–Crippen MR) is 105 cm³/mol. The van der Waals surface area contributed by atoms with E-state index in [-0.39, 0.29) is 12.5 Å². The Labute approximate surface area is 158 Å². The molecule has 0 saturated carbocycles. The molecular formula is C20H24N2O3S. The van der Waals surface area contributed by atoms with E-state index < -0.39 is 5.97 Å². The number of nitrogens with one attached hydrogen (secondary N) is 1. The number of nitrogens with zero attached hydrogens (tertiary/aromatic N) is 1. The SMILES string of the molecule is Cc1ccsc1C(=O)OCC(=O)Nc1ccc(N2CCC(C)CC2)cc1. The summed E-state index contributed by atoms with van der Waals surface area (Å²) in [6.07, 6.45) is 2.43. The second-order valence-electron chi connectivity index (χ2n) is 6.77. The van der Waals surface area contributed by atoms with Crippen molar-refractivity contribution < 1.29 is 14.3 Å². The van der Waals surface area contributed by atoms with Gasteiger partial charge in [-0.25, -0.2) is 4.79 Å². The molecule has 1 aromatic carbocycles. The van der Waals surface area contributed by atoms with Crippen LogP contribution in [0.5, 0.6) is 0 Å². The maximum absolute atomic E-state index is 12.0. The van der Waals surface area contributed by atoms with Gasteiger partial charge in [0.2, 0.25) is 0 Å². The zero-order valence-electron chi connectivity index (χ0n) is 15.2. The van der Waals surface area contributed by atoms with E-state index in [1.165, 1.54) is 29.9 Å². The number of esters is 1. The van der Waals surface area contributed by atoms with Gasteiger partial charge in [-0.3, -0.25) is 4.79 Å². The van der Waals surface area contributed by atoms with Crippen LogP contribution in [0.4, 0.5) is 11.4 Å². The molecule has 0 spiro atoms. The summed E-state index contributed by atoms with van der Waals surface area (Å²) in [6, 6.07) is 9.66. The van der Waals surface area contributed by atoms with Crippen LogP contribution in [0.25, 0.3) is 0 Å². The molecule has 0 radical (unpaired) electrons. The molecule has 1 aliphatic heterocycles. The molecule has 1 amide bonds. The minimum absolute atomic E-state index is 0.290. The lowest BCUT2D eigenvalue weighted by Crippen LogP contribution is -2.32. The number of amides is 1. The first kappa shape index (κ1) is 18.5. The predicted octanol–water partition coefficient (Wildman–Crippen LogP) is 4.09. The fourth-order valence-corrected chi connectivity index (χ4v) is 3.82. The van der Waals surface area contributed by atoms with Gasteiger partial charge in [0.15, 0.2) is 6.61 Å². The molecule has 26 heavy (non-hydrogen) atoms. The number of ether oxygens (including phenoxy) is 1. The average Bonchev–Trinajstić information content (AvgIpc) is 3.07. The summed E-state index contributed by atoms with van der Waals surface area (Å²) < 4.78 is 5.08. The quantitative estimate of drug-likeness (QED) is 0.803. The molecule has 0 aliphatic carbocycles. The summed E-state index contributed by atoms with van der Waals surface area (Å²) >= 11 is 1.32. The molecular weight excluding hydrogens is 348 g/mol. The van der Waals surface area contributed by atoms with E-state index in [2.05, 4.69) is 17.1 Å². The molecule has 2 heterocycles. The fourth-order valence-electron chi connectivity index (χ4n) is 3.00.